The smallest absolute Gasteiger partial charge is 0.143 e. The number of hydrogen-bond donors (Lipinski definition) is 0. The first-order valence-corrected chi connectivity index (χ1v) is 19.7. The number of benzene rings is 9. The van der Waals surface area contributed by atoms with E-state index in [4.69, 9.17) is 8.83 Å². The Morgan fingerprint density at radius 2 is 0.929 bits per heavy atom. The first-order chi connectivity index (χ1) is 27.8. The molecule has 3 heterocycles. The highest BCUT2D eigenvalue weighted by Crippen LogP contribution is 2.46. The molecule has 0 amide bonds. The molecule has 0 radical (unpaired) electrons. The third kappa shape index (κ3) is 4.70. The van der Waals surface area contributed by atoms with Crippen molar-refractivity contribution in [1.29, 1.82) is 0 Å². The molecule has 262 valence electrons. The van der Waals surface area contributed by atoms with E-state index in [0.29, 0.717) is 0 Å². The lowest BCUT2D eigenvalue weighted by Crippen LogP contribution is -2.10. The van der Waals surface area contributed by atoms with E-state index in [9.17, 15) is 0 Å². The topological polar surface area (TPSA) is 29.5 Å². The van der Waals surface area contributed by atoms with Crippen LogP contribution in [0.3, 0.4) is 0 Å². The van der Waals surface area contributed by atoms with Crippen molar-refractivity contribution in [2.24, 2.45) is 0 Å². The lowest BCUT2D eigenvalue weighted by atomic mass is 9.99. The van der Waals surface area contributed by atoms with Crippen molar-refractivity contribution in [2.75, 3.05) is 4.90 Å². The predicted molar refractivity (Wildman–Crippen MR) is 237 cm³/mol. The maximum Gasteiger partial charge on any atom is 0.143 e. The number of para-hydroxylation sites is 3. The Morgan fingerprint density at radius 3 is 1.68 bits per heavy atom. The maximum atomic E-state index is 6.57. The molecule has 0 aliphatic heterocycles. The number of rotatable bonds is 5. The zero-order chi connectivity index (χ0) is 36.7. The Morgan fingerprint density at radius 1 is 0.375 bits per heavy atom. The van der Waals surface area contributed by atoms with Gasteiger partial charge >= 0.3 is 0 Å². The molecule has 0 bridgehead atoms. The molecule has 0 saturated carbocycles. The second kappa shape index (κ2) is 12.2. The molecule has 12 rings (SSSR count). The van der Waals surface area contributed by atoms with E-state index in [0.717, 1.165) is 82.8 Å². The highest BCUT2D eigenvalue weighted by atomic mass is 32.1. The molecular weight excluding hydrogens is 703 g/mol. The van der Waals surface area contributed by atoms with Crippen molar-refractivity contribution in [1.82, 2.24) is 0 Å². The van der Waals surface area contributed by atoms with Crippen molar-refractivity contribution in [3.8, 4) is 22.3 Å². The Hall–Kier alpha value is -7.14. The van der Waals surface area contributed by atoms with Crippen LogP contribution in [0.2, 0.25) is 0 Å². The molecule has 9 aromatic carbocycles. The van der Waals surface area contributed by atoms with Gasteiger partial charge in [-0.05, 0) is 64.5 Å². The first-order valence-electron chi connectivity index (χ1n) is 18.9. The van der Waals surface area contributed by atoms with E-state index in [2.05, 4.69) is 175 Å². The van der Waals surface area contributed by atoms with E-state index < -0.39 is 0 Å². The van der Waals surface area contributed by atoms with Gasteiger partial charge in [0.15, 0.2) is 0 Å². The van der Waals surface area contributed by atoms with Crippen LogP contribution in [-0.2, 0) is 0 Å². The van der Waals surface area contributed by atoms with Gasteiger partial charge in [0.05, 0.1) is 5.69 Å². The molecule has 0 aliphatic rings. The average Bonchev–Trinajstić information content (AvgIpc) is 3.96. The summed E-state index contributed by atoms with van der Waals surface area (Å²) < 4.78 is 15.6. The van der Waals surface area contributed by atoms with Crippen molar-refractivity contribution in [3.63, 3.8) is 0 Å². The molecule has 3 nitrogen and oxygen atoms in total. The zero-order valence-electron chi connectivity index (χ0n) is 30.1. The van der Waals surface area contributed by atoms with Crippen LogP contribution in [0.4, 0.5) is 17.1 Å². The van der Waals surface area contributed by atoms with Crippen LogP contribution in [0, 0.1) is 0 Å². The quantitative estimate of drug-likeness (QED) is 0.176. The van der Waals surface area contributed by atoms with Gasteiger partial charge in [-0.3, -0.25) is 0 Å². The van der Waals surface area contributed by atoms with Crippen LogP contribution in [0.5, 0.6) is 0 Å². The molecule has 0 spiro atoms. The van der Waals surface area contributed by atoms with Crippen LogP contribution >= 0.6 is 11.3 Å². The van der Waals surface area contributed by atoms with Gasteiger partial charge in [-0.15, -0.1) is 11.3 Å². The highest BCUT2D eigenvalue weighted by Gasteiger charge is 2.21. The van der Waals surface area contributed by atoms with Gasteiger partial charge in [0, 0.05) is 70.1 Å². The third-order valence-corrected chi connectivity index (χ3v) is 12.5. The minimum absolute atomic E-state index is 0.867. The highest BCUT2D eigenvalue weighted by molar-refractivity contribution is 7.26. The number of thiophene rings is 1. The molecule has 0 atom stereocenters. The summed E-state index contributed by atoms with van der Waals surface area (Å²) in [4.78, 5) is 2.37. The molecular formula is C52H31NO2S. The van der Waals surface area contributed by atoms with E-state index in [1.165, 1.54) is 31.3 Å². The summed E-state index contributed by atoms with van der Waals surface area (Å²) in [7, 11) is 0. The van der Waals surface area contributed by atoms with E-state index in [1.807, 2.05) is 29.5 Å². The van der Waals surface area contributed by atoms with Crippen LogP contribution in [0.25, 0.3) is 97.1 Å². The lowest BCUT2D eigenvalue weighted by molar-refractivity contribution is 0.669. The van der Waals surface area contributed by atoms with Crippen LogP contribution in [-0.4, -0.2) is 0 Å². The summed E-state index contributed by atoms with van der Waals surface area (Å²) in [6, 6.07) is 67.2. The van der Waals surface area contributed by atoms with E-state index >= 15 is 0 Å². The lowest BCUT2D eigenvalue weighted by Gasteiger charge is -2.27. The molecule has 0 aliphatic carbocycles. The van der Waals surface area contributed by atoms with Gasteiger partial charge in [-0.1, -0.05) is 140 Å². The third-order valence-electron chi connectivity index (χ3n) is 11.3. The number of nitrogens with zero attached hydrogens (tertiary/aromatic N) is 1. The zero-order valence-corrected chi connectivity index (χ0v) is 30.9. The van der Waals surface area contributed by atoms with Crippen molar-refractivity contribution in [2.45, 2.75) is 0 Å². The van der Waals surface area contributed by atoms with Crippen LogP contribution in [0.15, 0.2) is 197 Å². The minimum atomic E-state index is 0.867. The van der Waals surface area contributed by atoms with E-state index in [-0.39, 0.29) is 0 Å². The molecule has 4 heteroatoms. The van der Waals surface area contributed by atoms with E-state index in [1.54, 1.807) is 0 Å². The van der Waals surface area contributed by atoms with Crippen molar-refractivity contribution < 1.29 is 8.83 Å². The SMILES string of the molecule is c1ccc2c(c1)oc1c(-c3ccc(N(c4ccc(-c5cccc6c5sc5ccccc56)cc4)c4cc5oc6ccccc6c5c5ccccc45)cc3)cccc12. The molecule has 0 saturated heterocycles. The molecule has 0 unspecified atom stereocenters. The number of anilines is 3. The summed E-state index contributed by atoms with van der Waals surface area (Å²) >= 11 is 1.87. The molecule has 0 N–H and O–H groups in total. The molecule has 0 fully saturated rings. The standard InChI is InChI=1S/C52H31NO2S/c1-2-14-41-38(11-1)45(31-48-50(41)44-15-4-7-21-47(44)54-48)53(34-27-23-32(24-28-34)36-16-9-18-42-39-12-3-6-20-46(39)55-51(36)42)35-29-25-33(26-30-35)37-17-10-19-43-40-13-5-8-22-49(40)56-52(37)43/h1-31H. The Kier molecular flexibility index (Phi) is 6.80. The van der Waals surface area contributed by atoms with Gasteiger partial charge in [0.25, 0.3) is 0 Å². The number of furan rings is 2. The van der Waals surface area contributed by atoms with Gasteiger partial charge in [-0.25, -0.2) is 0 Å². The molecule has 12 aromatic rings. The van der Waals surface area contributed by atoms with Crippen LogP contribution < -0.4 is 4.90 Å². The van der Waals surface area contributed by atoms with Crippen molar-refractivity contribution >= 4 is 103 Å². The Bertz CT molecular complexity index is 3320. The maximum absolute atomic E-state index is 6.57. The fourth-order valence-corrected chi connectivity index (χ4v) is 9.95. The first kappa shape index (κ1) is 31.2. The van der Waals surface area contributed by atoms with Gasteiger partial charge in [-0.2, -0.15) is 0 Å². The van der Waals surface area contributed by atoms with Gasteiger partial charge in [0.2, 0.25) is 0 Å². The summed E-state index contributed by atoms with van der Waals surface area (Å²) in [5.41, 5.74) is 11.3. The summed E-state index contributed by atoms with van der Waals surface area (Å²) in [5, 5.41) is 9.45. The van der Waals surface area contributed by atoms with Gasteiger partial charge < -0.3 is 13.7 Å². The summed E-state index contributed by atoms with van der Waals surface area (Å²) in [6.45, 7) is 0. The fraction of sp³-hybridized carbons (Fsp3) is 0. The number of hydrogen-bond acceptors (Lipinski definition) is 4. The van der Waals surface area contributed by atoms with Crippen LogP contribution in [0.1, 0.15) is 0 Å². The summed E-state index contributed by atoms with van der Waals surface area (Å²) in [6.07, 6.45) is 0. The largest absolute Gasteiger partial charge is 0.456 e. The fourth-order valence-electron chi connectivity index (χ4n) is 8.71. The Balaban J connectivity index is 1.04. The minimum Gasteiger partial charge on any atom is -0.456 e. The molecule has 56 heavy (non-hydrogen) atoms. The normalized spacial score (nSPS) is 11.9. The van der Waals surface area contributed by atoms with Crippen molar-refractivity contribution in [3.05, 3.63) is 188 Å². The molecule has 3 aromatic heterocycles. The second-order valence-corrected chi connectivity index (χ2v) is 15.5. The average molecular weight is 734 g/mol. The Labute approximate surface area is 325 Å². The monoisotopic (exact) mass is 733 g/mol. The predicted octanol–water partition coefficient (Wildman–Crippen LogP) is 15.8. The summed E-state index contributed by atoms with van der Waals surface area (Å²) in [5.74, 6) is 0. The second-order valence-electron chi connectivity index (χ2n) is 14.4. The van der Waals surface area contributed by atoms with Gasteiger partial charge in [0.1, 0.15) is 22.3 Å². The number of fused-ring (bicyclic) bond motifs is 11.